The molecule has 0 aromatic heterocycles. The molecule has 13 N–H and O–H groups in total. The van der Waals surface area contributed by atoms with Crippen LogP contribution >= 0.6 is 0 Å². The molecular weight excluding hydrogens is 879 g/mol. The first-order chi connectivity index (χ1) is 32.6. The minimum absolute atomic E-state index is 0.00455. The minimum atomic E-state index is -1.57. The van der Waals surface area contributed by atoms with E-state index in [1.54, 1.807) is 0 Å². The van der Waals surface area contributed by atoms with Crippen molar-refractivity contribution in [2.75, 3.05) is 39.8 Å². The lowest BCUT2D eigenvalue weighted by atomic mass is 9.93. The molecule has 20 heteroatoms. The molecule has 1 fully saturated rings. The lowest BCUT2D eigenvalue weighted by Gasteiger charge is -2.40. The molecule has 2 aromatic rings. The zero-order valence-electron chi connectivity index (χ0n) is 39.6. The molecule has 2 aliphatic heterocycles. The number of nitrogens with two attached hydrogens (primary N) is 2. The average Bonchev–Trinajstić information content (AvgIpc) is 3.32. The Morgan fingerprint density at radius 3 is 2.37 bits per heavy atom. The van der Waals surface area contributed by atoms with Crippen molar-refractivity contribution in [2.24, 2.45) is 11.5 Å². The van der Waals surface area contributed by atoms with Crippen molar-refractivity contribution in [3.8, 4) is 28.7 Å². The highest BCUT2D eigenvalue weighted by Crippen LogP contribution is 2.41. The highest BCUT2D eigenvalue weighted by molar-refractivity contribution is 5.96. The van der Waals surface area contributed by atoms with E-state index in [9.17, 15) is 44.4 Å². The summed E-state index contributed by atoms with van der Waals surface area (Å²) < 4.78 is 12.0. The normalized spacial score (nSPS) is 23.2. The van der Waals surface area contributed by atoms with E-state index in [-0.39, 0.29) is 59.9 Å². The number of phenols is 1. The lowest BCUT2D eigenvalue weighted by Crippen LogP contribution is -2.63. The van der Waals surface area contributed by atoms with Crippen molar-refractivity contribution in [3.05, 3.63) is 47.5 Å². The molecule has 2 aliphatic rings. The van der Waals surface area contributed by atoms with Crippen molar-refractivity contribution in [1.82, 2.24) is 31.5 Å². The van der Waals surface area contributed by atoms with Gasteiger partial charge in [-0.2, -0.15) is 5.26 Å². The summed E-state index contributed by atoms with van der Waals surface area (Å²) in [7, 11) is 1.39. The Hall–Kier alpha value is -5.40. The zero-order chi connectivity index (χ0) is 49.8. The van der Waals surface area contributed by atoms with Gasteiger partial charge in [-0.05, 0) is 81.1 Å². The Kier molecular flexibility index (Phi) is 22.9. The molecule has 1 saturated heterocycles. The molecule has 2 heterocycles. The number of benzene rings is 2. The van der Waals surface area contributed by atoms with Gasteiger partial charge in [0, 0.05) is 37.6 Å². The van der Waals surface area contributed by atoms with Crippen LogP contribution < -0.4 is 42.8 Å². The number of carbonyl (C=O) groups is 5. The van der Waals surface area contributed by atoms with E-state index < -0.39 is 85.0 Å². The van der Waals surface area contributed by atoms with Crippen LogP contribution in [-0.2, 0) is 35.1 Å². The third-order valence-corrected chi connectivity index (χ3v) is 12.3. The Morgan fingerprint density at radius 2 is 1.68 bits per heavy atom. The van der Waals surface area contributed by atoms with Crippen molar-refractivity contribution in [3.63, 3.8) is 0 Å². The van der Waals surface area contributed by atoms with Crippen molar-refractivity contribution in [1.29, 1.82) is 5.26 Å². The number of aliphatic hydroxyl groups is 3. The van der Waals surface area contributed by atoms with E-state index in [4.69, 9.17) is 26.2 Å². The first-order valence-electron chi connectivity index (χ1n) is 23.9. The predicted molar refractivity (Wildman–Crippen MR) is 252 cm³/mol. The molecular formula is C48H73N9O11. The Balaban J connectivity index is 1.72. The smallest absolute Gasteiger partial charge is 0.248 e. The van der Waals surface area contributed by atoms with E-state index in [2.05, 4.69) is 33.5 Å². The van der Waals surface area contributed by atoms with Crippen molar-refractivity contribution < 1.29 is 53.9 Å². The molecule has 9 atom stereocenters. The van der Waals surface area contributed by atoms with Crippen LogP contribution in [0.5, 0.6) is 11.5 Å². The average molecular weight is 952 g/mol. The standard InChI is InChI=1S/C48H73N9O11/c1-4-5-6-7-8-9-10-13-22-52-23-19-39(60)55-34(14-11-12-20-49)47(66)57(3)41-31-16-18-37(67-48-40(51)43(62)42(61)38(28-58)68-48)33(27-31)32-25-30(15-17-36(32)59)26-35(45(64)53-24-21-50)56-44(63)29(2)54-46(41)65/h15-18,25,27,29,34-35,38,40-43,48,52,58-59,61-62H,4-14,19-20,22-24,26,28,49,51H2,1-3H3,(H,53,64)(H,54,65)(H,55,60)(H,56,63)/t29-,34-,35-,38+,40+,41-,42+,43+,48?/m0/s1. The van der Waals surface area contributed by atoms with E-state index in [0.29, 0.717) is 31.5 Å². The van der Waals surface area contributed by atoms with E-state index >= 15 is 0 Å². The fraction of sp³-hybridized carbons (Fsp3) is 0.625. The van der Waals surface area contributed by atoms with Gasteiger partial charge in [0.2, 0.25) is 35.8 Å². The van der Waals surface area contributed by atoms with Crippen LogP contribution in [0.2, 0.25) is 0 Å². The molecule has 1 unspecified atom stereocenters. The van der Waals surface area contributed by atoms with Gasteiger partial charge in [-0.1, -0.05) is 64.0 Å². The highest BCUT2D eigenvalue weighted by atomic mass is 16.7. The molecule has 0 radical (unpaired) electrons. The summed E-state index contributed by atoms with van der Waals surface area (Å²) in [5.41, 5.74) is 12.9. The number of ether oxygens (including phenoxy) is 2. The van der Waals surface area contributed by atoms with Crippen LogP contribution in [0, 0.1) is 11.3 Å². The largest absolute Gasteiger partial charge is 0.507 e. The van der Waals surface area contributed by atoms with Crippen LogP contribution in [0.1, 0.15) is 108 Å². The zero-order valence-corrected chi connectivity index (χ0v) is 39.6. The molecule has 20 nitrogen and oxygen atoms in total. The molecule has 2 aromatic carbocycles. The monoisotopic (exact) mass is 952 g/mol. The van der Waals surface area contributed by atoms with Crippen LogP contribution in [0.4, 0.5) is 0 Å². The second-order valence-electron chi connectivity index (χ2n) is 17.6. The van der Waals surface area contributed by atoms with E-state index in [0.717, 1.165) is 24.3 Å². The number of hydrogen-bond donors (Lipinski definition) is 11. The fourth-order valence-corrected chi connectivity index (χ4v) is 8.29. The number of hydrogen-bond acceptors (Lipinski definition) is 15. The van der Waals surface area contributed by atoms with Gasteiger partial charge in [-0.25, -0.2) is 0 Å². The molecule has 0 aliphatic carbocycles. The van der Waals surface area contributed by atoms with Gasteiger partial charge in [0.15, 0.2) is 0 Å². The van der Waals surface area contributed by atoms with Crippen molar-refractivity contribution >= 4 is 29.5 Å². The SMILES string of the molecule is CCCCCCCCCCNCCC(=O)N[C@@H](CCCCN)C(=O)N(C)[C@@H]1C(=O)N[C@@H](C)C(=O)N[C@H](C(=O)NCC#N)Cc2ccc(O)c(c2)-c2cc1ccc2OC1O[C@H](CO)[C@@H](O)[C@H](O)[C@H]1N. The number of nitrogens with one attached hydrogen (secondary N) is 5. The molecule has 0 saturated carbocycles. The summed E-state index contributed by atoms with van der Waals surface area (Å²) in [6, 6.07) is 4.23. The van der Waals surface area contributed by atoms with Crippen LogP contribution in [0.15, 0.2) is 36.4 Å². The third kappa shape index (κ3) is 15.8. The summed E-state index contributed by atoms with van der Waals surface area (Å²) in [5, 5.41) is 65.6. The molecule has 68 heavy (non-hydrogen) atoms. The second kappa shape index (κ2) is 28.2. The summed E-state index contributed by atoms with van der Waals surface area (Å²) in [5.74, 6) is -3.54. The number of fused-ring (bicyclic) bond motifs is 5. The Morgan fingerprint density at radius 1 is 0.956 bits per heavy atom. The maximum absolute atomic E-state index is 14.7. The summed E-state index contributed by atoms with van der Waals surface area (Å²) in [6.07, 6.45) is 4.86. The molecule has 4 rings (SSSR count). The number of unbranched alkanes of at least 4 members (excludes halogenated alkanes) is 8. The van der Waals surface area contributed by atoms with Crippen LogP contribution in [0.3, 0.4) is 0 Å². The van der Waals surface area contributed by atoms with Gasteiger partial charge in [-0.15, -0.1) is 0 Å². The highest BCUT2D eigenvalue weighted by Gasteiger charge is 2.44. The summed E-state index contributed by atoms with van der Waals surface area (Å²) >= 11 is 0. The maximum Gasteiger partial charge on any atom is 0.248 e. The van der Waals surface area contributed by atoms with Gasteiger partial charge in [0.25, 0.3) is 0 Å². The van der Waals surface area contributed by atoms with Crippen molar-refractivity contribution in [2.45, 2.75) is 152 Å². The van der Waals surface area contributed by atoms with Gasteiger partial charge >= 0.3 is 0 Å². The number of aliphatic hydroxyl groups excluding tert-OH is 3. The number of carbonyl (C=O) groups excluding carboxylic acids is 5. The number of rotatable bonds is 24. The van der Waals surface area contributed by atoms with E-state index in [1.807, 2.05) is 6.07 Å². The second-order valence-corrected chi connectivity index (χ2v) is 17.6. The molecule has 4 bridgehead atoms. The Labute approximate surface area is 398 Å². The van der Waals surface area contributed by atoms with Crippen LogP contribution in [0.25, 0.3) is 11.1 Å². The van der Waals surface area contributed by atoms with Gasteiger partial charge in [0.05, 0.1) is 18.7 Å². The summed E-state index contributed by atoms with van der Waals surface area (Å²) in [6.45, 7) is 4.07. The van der Waals surface area contributed by atoms with Gasteiger partial charge in [-0.3, -0.25) is 24.0 Å². The topological polar surface area (TPSA) is 324 Å². The summed E-state index contributed by atoms with van der Waals surface area (Å²) in [4.78, 5) is 70.8. The molecule has 376 valence electrons. The number of likely N-dealkylation sites (N-methyl/N-ethyl adjacent to an activating group) is 1. The minimum Gasteiger partial charge on any atom is -0.507 e. The predicted octanol–water partition coefficient (Wildman–Crippen LogP) is 0.623. The number of phenolic OH excluding ortho intramolecular Hbond substituents is 1. The first-order valence-corrected chi connectivity index (χ1v) is 23.9. The van der Waals surface area contributed by atoms with Gasteiger partial charge in [0.1, 0.15) is 60.5 Å². The first kappa shape index (κ1) is 55.2. The van der Waals surface area contributed by atoms with Crippen LogP contribution in [-0.4, -0.2) is 143 Å². The maximum atomic E-state index is 14.7. The van der Waals surface area contributed by atoms with E-state index in [1.165, 1.54) is 88.9 Å². The quantitative estimate of drug-likeness (QED) is 0.0508. The number of aromatic hydroxyl groups is 1. The Bertz CT molecular complexity index is 2020. The number of nitrogens with zero attached hydrogens (tertiary/aromatic N) is 2. The molecule has 5 amide bonds. The lowest BCUT2D eigenvalue weighted by molar-refractivity contribution is -0.239. The van der Waals surface area contributed by atoms with Gasteiger partial charge < -0.3 is 72.9 Å². The third-order valence-electron chi connectivity index (χ3n) is 12.3. The number of amides is 5. The molecule has 0 spiro atoms. The number of nitriles is 1. The fourth-order valence-electron chi connectivity index (χ4n) is 8.29.